The van der Waals surface area contributed by atoms with E-state index in [1.54, 1.807) is 55.7 Å². The third kappa shape index (κ3) is 2.96. The zero-order valence-corrected chi connectivity index (χ0v) is 15.6. The molecule has 0 aliphatic carbocycles. The first-order valence-corrected chi connectivity index (χ1v) is 9.04. The molecule has 2 aromatic rings. The molecule has 0 N–H and O–H groups in total. The molecule has 142 valence electrons. The molecule has 27 heavy (non-hydrogen) atoms. The smallest absolute Gasteiger partial charge is 0.268 e. The number of rotatable bonds is 4. The molecule has 2 aliphatic rings. The fourth-order valence-corrected chi connectivity index (χ4v) is 4.22. The summed E-state index contributed by atoms with van der Waals surface area (Å²) >= 11 is 0. The van der Waals surface area contributed by atoms with Crippen LogP contribution in [0.25, 0.3) is 5.69 Å². The molecule has 0 spiro atoms. The molecule has 2 fully saturated rings. The standard InChI is InChI=1S/C20H23N3O4/c1-14-5-7-23(16-4-3-6-21-8-16)19(25)17(14)18(24)22-9-15-10-27-13-20(15,11-22)12-26-2/h3-8,15H,9-13H2,1-2H3/t15-,20-/m0/s1. The van der Waals surface area contributed by atoms with E-state index in [0.717, 1.165) is 0 Å². The van der Waals surface area contributed by atoms with Gasteiger partial charge in [0, 0.05) is 43.9 Å². The highest BCUT2D eigenvalue weighted by molar-refractivity contribution is 5.95. The van der Waals surface area contributed by atoms with Gasteiger partial charge in [0.15, 0.2) is 0 Å². The Hall–Kier alpha value is -2.51. The highest BCUT2D eigenvalue weighted by Gasteiger charge is 2.52. The number of fused-ring (bicyclic) bond motifs is 1. The number of carbonyl (C=O) groups is 1. The predicted molar refractivity (Wildman–Crippen MR) is 99.1 cm³/mol. The van der Waals surface area contributed by atoms with E-state index in [-0.39, 0.29) is 28.4 Å². The van der Waals surface area contributed by atoms with Crippen molar-refractivity contribution in [3.8, 4) is 5.69 Å². The molecule has 4 heterocycles. The van der Waals surface area contributed by atoms with Gasteiger partial charge in [-0.3, -0.25) is 19.1 Å². The molecule has 7 heteroatoms. The van der Waals surface area contributed by atoms with Crippen LogP contribution < -0.4 is 5.56 Å². The lowest BCUT2D eigenvalue weighted by molar-refractivity contribution is 0.0488. The summed E-state index contributed by atoms with van der Waals surface area (Å²) in [6.07, 6.45) is 4.94. The van der Waals surface area contributed by atoms with Gasteiger partial charge in [0.25, 0.3) is 11.5 Å². The van der Waals surface area contributed by atoms with Gasteiger partial charge in [-0.25, -0.2) is 0 Å². The third-order valence-electron chi connectivity index (χ3n) is 5.68. The first-order chi connectivity index (χ1) is 13.1. The molecular formula is C20H23N3O4. The first kappa shape index (κ1) is 17.9. The predicted octanol–water partition coefficient (Wildman–Crippen LogP) is 1.28. The molecule has 2 atom stereocenters. The Kier molecular flexibility index (Phi) is 4.57. The van der Waals surface area contributed by atoms with E-state index in [4.69, 9.17) is 9.47 Å². The molecule has 0 aromatic carbocycles. The van der Waals surface area contributed by atoms with Gasteiger partial charge in [0.05, 0.1) is 31.7 Å². The number of ether oxygens (including phenoxy) is 2. The SMILES string of the molecule is COC[C@@]12COC[C@@H]1CN(C(=O)c1c(C)ccn(-c3cccnc3)c1=O)C2. The van der Waals surface area contributed by atoms with Gasteiger partial charge in [0.1, 0.15) is 5.56 Å². The van der Waals surface area contributed by atoms with Crippen LogP contribution in [-0.2, 0) is 9.47 Å². The molecule has 2 aliphatic heterocycles. The van der Waals surface area contributed by atoms with E-state index in [9.17, 15) is 9.59 Å². The van der Waals surface area contributed by atoms with Crippen LogP contribution in [0, 0.1) is 18.3 Å². The Morgan fingerprint density at radius 1 is 1.44 bits per heavy atom. The summed E-state index contributed by atoms with van der Waals surface area (Å²) in [4.78, 5) is 32.2. The van der Waals surface area contributed by atoms with Crippen molar-refractivity contribution in [3.63, 3.8) is 0 Å². The van der Waals surface area contributed by atoms with Gasteiger partial charge < -0.3 is 14.4 Å². The number of carbonyl (C=O) groups excluding carboxylic acids is 1. The molecule has 0 radical (unpaired) electrons. The second-order valence-electron chi connectivity index (χ2n) is 7.45. The van der Waals surface area contributed by atoms with Crippen molar-refractivity contribution in [1.29, 1.82) is 0 Å². The van der Waals surface area contributed by atoms with Crippen LogP contribution in [0.15, 0.2) is 41.6 Å². The summed E-state index contributed by atoms with van der Waals surface area (Å²) < 4.78 is 12.5. The number of hydrogen-bond acceptors (Lipinski definition) is 5. The van der Waals surface area contributed by atoms with Gasteiger partial charge in [0.2, 0.25) is 0 Å². The van der Waals surface area contributed by atoms with Crippen molar-refractivity contribution in [2.75, 3.05) is 40.0 Å². The third-order valence-corrected chi connectivity index (χ3v) is 5.68. The maximum absolute atomic E-state index is 13.3. The van der Waals surface area contributed by atoms with E-state index < -0.39 is 0 Å². The van der Waals surface area contributed by atoms with Crippen LogP contribution in [0.3, 0.4) is 0 Å². The summed E-state index contributed by atoms with van der Waals surface area (Å²) in [6.45, 7) is 4.69. The largest absolute Gasteiger partial charge is 0.384 e. The van der Waals surface area contributed by atoms with Crippen molar-refractivity contribution < 1.29 is 14.3 Å². The molecule has 0 saturated carbocycles. The van der Waals surface area contributed by atoms with Crippen LogP contribution in [0.2, 0.25) is 0 Å². The lowest BCUT2D eigenvalue weighted by atomic mass is 9.82. The Morgan fingerprint density at radius 2 is 2.30 bits per heavy atom. The fourth-order valence-electron chi connectivity index (χ4n) is 4.22. The van der Waals surface area contributed by atoms with Crippen molar-refractivity contribution in [2.24, 2.45) is 11.3 Å². The lowest BCUT2D eigenvalue weighted by Crippen LogP contribution is -2.39. The number of aryl methyl sites for hydroxylation is 1. The minimum absolute atomic E-state index is 0.171. The molecular weight excluding hydrogens is 346 g/mol. The molecule has 7 nitrogen and oxygen atoms in total. The average molecular weight is 369 g/mol. The highest BCUT2D eigenvalue weighted by atomic mass is 16.5. The summed E-state index contributed by atoms with van der Waals surface area (Å²) in [5, 5.41) is 0. The second kappa shape index (κ2) is 6.90. The average Bonchev–Trinajstić information content (AvgIpc) is 3.20. The van der Waals surface area contributed by atoms with Crippen LogP contribution in [0.4, 0.5) is 0 Å². The lowest BCUT2D eigenvalue weighted by Gasteiger charge is -2.26. The van der Waals surface area contributed by atoms with E-state index in [1.807, 2.05) is 0 Å². The number of amides is 1. The summed E-state index contributed by atoms with van der Waals surface area (Å²) in [5.74, 6) is 0.0200. The number of hydrogen-bond donors (Lipinski definition) is 0. The zero-order chi connectivity index (χ0) is 19.0. The topological polar surface area (TPSA) is 73.7 Å². The molecule has 4 rings (SSSR count). The molecule has 2 aromatic heterocycles. The van der Waals surface area contributed by atoms with Crippen molar-refractivity contribution in [1.82, 2.24) is 14.5 Å². The number of pyridine rings is 2. The normalized spacial score (nSPS) is 24.2. The maximum Gasteiger partial charge on any atom is 0.268 e. The van der Waals surface area contributed by atoms with Gasteiger partial charge in [-0.1, -0.05) is 0 Å². The van der Waals surface area contributed by atoms with Gasteiger partial charge in [-0.15, -0.1) is 0 Å². The molecule has 0 unspecified atom stereocenters. The Labute approximate surface area is 157 Å². The number of aromatic nitrogens is 2. The fraction of sp³-hybridized carbons (Fsp3) is 0.450. The molecule has 0 bridgehead atoms. The summed E-state index contributed by atoms with van der Waals surface area (Å²) in [6, 6.07) is 5.36. The minimum Gasteiger partial charge on any atom is -0.384 e. The monoisotopic (exact) mass is 369 g/mol. The number of nitrogens with zero attached hydrogens (tertiary/aromatic N) is 3. The van der Waals surface area contributed by atoms with Gasteiger partial charge >= 0.3 is 0 Å². The summed E-state index contributed by atoms with van der Waals surface area (Å²) in [7, 11) is 1.67. The van der Waals surface area contributed by atoms with E-state index in [2.05, 4.69) is 4.98 Å². The quantitative estimate of drug-likeness (QED) is 0.812. The second-order valence-corrected chi connectivity index (χ2v) is 7.45. The van der Waals surface area contributed by atoms with Crippen LogP contribution in [-0.4, -0.2) is 60.4 Å². The van der Waals surface area contributed by atoms with E-state index in [0.29, 0.717) is 44.2 Å². The maximum atomic E-state index is 13.3. The molecule has 2 saturated heterocycles. The highest BCUT2D eigenvalue weighted by Crippen LogP contribution is 2.41. The zero-order valence-electron chi connectivity index (χ0n) is 15.6. The van der Waals surface area contributed by atoms with Crippen molar-refractivity contribution in [2.45, 2.75) is 6.92 Å². The number of methoxy groups -OCH3 is 1. The Bertz CT molecular complexity index is 911. The van der Waals surface area contributed by atoms with Gasteiger partial charge in [-0.05, 0) is 30.7 Å². The Morgan fingerprint density at radius 3 is 3.04 bits per heavy atom. The van der Waals surface area contributed by atoms with Crippen molar-refractivity contribution >= 4 is 5.91 Å². The van der Waals surface area contributed by atoms with Crippen LogP contribution >= 0.6 is 0 Å². The van der Waals surface area contributed by atoms with Crippen LogP contribution in [0.1, 0.15) is 15.9 Å². The van der Waals surface area contributed by atoms with E-state index >= 15 is 0 Å². The molecule has 1 amide bonds. The van der Waals surface area contributed by atoms with Crippen LogP contribution in [0.5, 0.6) is 0 Å². The van der Waals surface area contributed by atoms with Gasteiger partial charge in [-0.2, -0.15) is 0 Å². The van der Waals surface area contributed by atoms with E-state index in [1.165, 1.54) is 4.57 Å². The Balaban J connectivity index is 1.68. The first-order valence-electron chi connectivity index (χ1n) is 9.04. The summed E-state index contributed by atoms with van der Waals surface area (Å²) in [5.41, 5.74) is 1.05. The van der Waals surface area contributed by atoms with Crippen molar-refractivity contribution in [3.05, 3.63) is 58.3 Å². The minimum atomic E-state index is -0.317. The number of likely N-dealkylation sites (tertiary alicyclic amines) is 1.